The summed E-state index contributed by atoms with van der Waals surface area (Å²) in [6, 6.07) is 5.10. The van der Waals surface area contributed by atoms with E-state index in [0.29, 0.717) is 6.04 Å². The van der Waals surface area contributed by atoms with Crippen molar-refractivity contribution in [2.45, 2.75) is 25.8 Å². The maximum Gasteiger partial charge on any atom is 0.123 e. The summed E-state index contributed by atoms with van der Waals surface area (Å²) in [5.74, 6) is 0.616. The first-order valence-corrected chi connectivity index (χ1v) is 5.83. The minimum Gasteiger partial charge on any atom is -0.496 e. The molecular formula is C13H18FNO. The highest BCUT2D eigenvalue weighted by atomic mass is 19.1. The van der Waals surface area contributed by atoms with Gasteiger partial charge in [0.1, 0.15) is 11.6 Å². The largest absolute Gasteiger partial charge is 0.496 e. The lowest BCUT2D eigenvalue weighted by atomic mass is 10.0. The number of methoxy groups -OCH3 is 1. The van der Waals surface area contributed by atoms with Gasteiger partial charge in [-0.15, -0.1) is 0 Å². The molecule has 1 atom stereocenters. The first-order chi connectivity index (χ1) is 7.76. The molecule has 0 amide bonds. The molecule has 1 aromatic carbocycles. The molecule has 2 rings (SSSR count). The molecule has 0 radical (unpaired) electrons. The van der Waals surface area contributed by atoms with Crippen LogP contribution in [0.3, 0.4) is 0 Å². The van der Waals surface area contributed by atoms with E-state index in [-0.39, 0.29) is 5.82 Å². The van der Waals surface area contributed by atoms with E-state index >= 15 is 0 Å². The molecule has 1 aromatic rings. The third-order valence-electron chi connectivity index (χ3n) is 3.32. The number of benzene rings is 1. The topological polar surface area (TPSA) is 12.5 Å². The SMILES string of the molecule is CCN1CCCC1c1cc(F)ccc1OC. The van der Waals surface area contributed by atoms with Gasteiger partial charge in [0.25, 0.3) is 0 Å². The Balaban J connectivity index is 2.34. The minimum atomic E-state index is -0.182. The van der Waals surface area contributed by atoms with Crippen molar-refractivity contribution in [2.75, 3.05) is 20.2 Å². The number of ether oxygens (including phenoxy) is 1. The molecule has 0 spiro atoms. The summed E-state index contributed by atoms with van der Waals surface area (Å²) in [7, 11) is 1.64. The molecule has 1 unspecified atom stereocenters. The van der Waals surface area contributed by atoms with E-state index in [2.05, 4.69) is 11.8 Å². The summed E-state index contributed by atoms with van der Waals surface area (Å²) in [5, 5.41) is 0. The lowest BCUT2D eigenvalue weighted by Crippen LogP contribution is -2.23. The van der Waals surface area contributed by atoms with Gasteiger partial charge in [-0.2, -0.15) is 0 Å². The molecular weight excluding hydrogens is 205 g/mol. The molecule has 2 nitrogen and oxygen atoms in total. The van der Waals surface area contributed by atoms with Crippen LogP contribution in [0.25, 0.3) is 0 Å². The van der Waals surface area contributed by atoms with Gasteiger partial charge in [-0.05, 0) is 44.1 Å². The molecule has 1 fully saturated rings. The Labute approximate surface area is 96.0 Å². The predicted octanol–water partition coefficient (Wildman–Crippen LogP) is 2.99. The fraction of sp³-hybridized carbons (Fsp3) is 0.538. The number of nitrogens with zero attached hydrogens (tertiary/aromatic N) is 1. The average molecular weight is 223 g/mol. The monoisotopic (exact) mass is 223 g/mol. The molecule has 0 saturated carbocycles. The third-order valence-corrected chi connectivity index (χ3v) is 3.32. The van der Waals surface area contributed by atoms with Crippen LogP contribution in [0.15, 0.2) is 18.2 Å². The van der Waals surface area contributed by atoms with Gasteiger partial charge in [0.05, 0.1) is 7.11 Å². The van der Waals surface area contributed by atoms with Crippen LogP contribution in [0.5, 0.6) is 5.75 Å². The summed E-state index contributed by atoms with van der Waals surface area (Å²) < 4.78 is 18.6. The van der Waals surface area contributed by atoms with Gasteiger partial charge in [0.15, 0.2) is 0 Å². The van der Waals surface area contributed by atoms with E-state index < -0.39 is 0 Å². The van der Waals surface area contributed by atoms with Crippen LogP contribution in [0.1, 0.15) is 31.4 Å². The van der Waals surface area contributed by atoms with Crippen LogP contribution in [0, 0.1) is 5.82 Å². The van der Waals surface area contributed by atoms with Crippen molar-refractivity contribution in [1.82, 2.24) is 4.90 Å². The first kappa shape index (κ1) is 11.4. The summed E-state index contributed by atoms with van der Waals surface area (Å²) in [6.45, 7) is 4.25. The van der Waals surface area contributed by atoms with Crippen LogP contribution in [0.4, 0.5) is 4.39 Å². The second-order valence-corrected chi connectivity index (χ2v) is 4.17. The van der Waals surface area contributed by atoms with E-state index in [1.165, 1.54) is 12.5 Å². The van der Waals surface area contributed by atoms with E-state index in [9.17, 15) is 4.39 Å². The Morgan fingerprint density at radius 1 is 1.50 bits per heavy atom. The third kappa shape index (κ3) is 2.05. The molecule has 0 bridgehead atoms. The highest BCUT2D eigenvalue weighted by Gasteiger charge is 2.27. The molecule has 0 N–H and O–H groups in total. The normalized spacial score (nSPS) is 21.3. The molecule has 0 aromatic heterocycles. The quantitative estimate of drug-likeness (QED) is 0.781. The summed E-state index contributed by atoms with van der Waals surface area (Å²) >= 11 is 0. The standard InChI is InChI=1S/C13H18FNO/c1-3-15-8-4-5-12(15)11-9-10(14)6-7-13(11)16-2/h6-7,9,12H,3-5,8H2,1-2H3. The van der Waals surface area contributed by atoms with Gasteiger partial charge in [-0.1, -0.05) is 6.92 Å². The maximum absolute atomic E-state index is 13.3. The van der Waals surface area contributed by atoms with Gasteiger partial charge in [0, 0.05) is 11.6 Å². The van der Waals surface area contributed by atoms with Crippen LogP contribution >= 0.6 is 0 Å². The molecule has 88 valence electrons. The van der Waals surface area contributed by atoms with Crippen molar-refractivity contribution in [3.63, 3.8) is 0 Å². The Hall–Kier alpha value is -1.09. The van der Waals surface area contributed by atoms with Crippen LogP contribution in [-0.2, 0) is 0 Å². The molecule has 3 heteroatoms. The number of hydrogen-bond acceptors (Lipinski definition) is 2. The minimum absolute atomic E-state index is 0.182. The number of rotatable bonds is 3. The van der Waals surface area contributed by atoms with Gasteiger partial charge >= 0.3 is 0 Å². The zero-order valence-electron chi connectivity index (χ0n) is 9.87. The lowest BCUT2D eigenvalue weighted by Gasteiger charge is -2.24. The molecule has 16 heavy (non-hydrogen) atoms. The fourth-order valence-electron chi connectivity index (χ4n) is 2.52. The van der Waals surface area contributed by atoms with Gasteiger partial charge in [-0.25, -0.2) is 4.39 Å². The second-order valence-electron chi connectivity index (χ2n) is 4.17. The zero-order valence-corrected chi connectivity index (χ0v) is 9.87. The van der Waals surface area contributed by atoms with Crippen molar-refractivity contribution in [1.29, 1.82) is 0 Å². The maximum atomic E-state index is 13.3. The van der Waals surface area contributed by atoms with Gasteiger partial charge in [-0.3, -0.25) is 4.90 Å². The molecule has 1 aliphatic heterocycles. The summed E-state index contributed by atoms with van der Waals surface area (Å²) in [4.78, 5) is 2.37. The summed E-state index contributed by atoms with van der Waals surface area (Å²) in [5.41, 5.74) is 0.988. The predicted molar refractivity (Wildman–Crippen MR) is 62.2 cm³/mol. The van der Waals surface area contributed by atoms with Crippen molar-refractivity contribution in [3.05, 3.63) is 29.6 Å². The molecule has 1 saturated heterocycles. The van der Waals surface area contributed by atoms with Gasteiger partial charge < -0.3 is 4.74 Å². The van der Waals surface area contributed by atoms with E-state index in [1.54, 1.807) is 19.2 Å². The van der Waals surface area contributed by atoms with Crippen molar-refractivity contribution < 1.29 is 9.13 Å². The number of halogens is 1. The van der Waals surface area contributed by atoms with Crippen LogP contribution < -0.4 is 4.74 Å². The molecule has 0 aliphatic carbocycles. The van der Waals surface area contributed by atoms with Crippen molar-refractivity contribution >= 4 is 0 Å². The lowest BCUT2D eigenvalue weighted by molar-refractivity contribution is 0.264. The van der Waals surface area contributed by atoms with E-state index in [4.69, 9.17) is 4.74 Å². The first-order valence-electron chi connectivity index (χ1n) is 5.83. The molecule has 1 aliphatic rings. The number of hydrogen-bond donors (Lipinski definition) is 0. The van der Waals surface area contributed by atoms with Crippen molar-refractivity contribution in [2.24, 2.45) is 0 Å². The Kier molecular flexibility index (Phi) is 3.44. The fourth-order valence-corrected chi connectivity index (χ4v) is 2.52. The Morgan fingerprint density at radius 2 is 2.31 bits per heavy atom. The van der Waals surface area contributed by atoms with Crippen molar-refractivity contribution in [3.8, 4) is 5.75 Å². The molecule has 1 heterocycles. The Bertz CT molecular complexity index is 367. The summed E-state index contributed by atoms with van der Waals surface area (Å²) in [6.07, 6.45) is 2.27. The van der Waals surface area contributed by atoms with E-state index in [0.717, 1.165) is 30.8 Å². The van der Waals surface area contributed by atoms with Crippen LogP contribution in [0.2, 0.25) is 0 Å². The highest BCUT2D eigenvalue weighted by Crippen LogP contribution is 2.36. The zero-order chi connectivity index (χ0) is 11.5. The highest BCUT2D eigenvalue weighted by molar-refractivity contribution is 5.37. The average Bonchev–Trinajstić information content (AvgIpc) is 2.76. The van der Waals surface area contributed by atoms with E-state index in [1.807, 2.05) is 0 Å². The van der Waals surface area contributed by atoms with Gasteiger partial charge in [0.2, 0.25) is 0 Å². The smallest absolute Gasteiger partial charge is 0.123 e. The van der Waals surface area contributed by atoms with Crippen LogP contribution in [-0.4, -0.2) is 25.1 Å². The second kappa shape index (κ2) is 4.83. The number of likely N-dealkylation sites (tertiary alicyclic amines) is 1. The Morgan fingerprint density at radius 3 is 3.00 bits per heavy atom.